The van der Waals surface area contributed by atoms with Gasteiger partial charge >= 0.3 is 0 Å². The molecule has 3 aromatic carbocycles. The molecule has 0 aliphatic carbocycles. The van der Waals surface area contributed by atoms with Crippen LogP contribution in [0.3, 0.4) is 0 Å². The number of nitrogens with zero attached hydrogens (tertiary/aromatic N) is 1. The molecule has 2 N–H and O–H groups in total. The van der Waals surface area contributed by atoms with E-state index in [0.29, 0.717) is 6.54 Å². The summed E-state index contributed by atoms with van der Waals surface area (Å²) in [5.74, 6) is 0.535. The molecule has 0 bridgehead atoms. The number of hydrogen-bond donors (Lipinski definition) is 2. The molecule has 1 heterocycles. The Labute approximate surface area is 177 Å². The first kappa shape index (κ1) is 20.9. The molecule has 1 aliphatic heterocycles. The highest BCUT2D eigenvalue weighted by Crippen LogP contribution is 2.32. The third-order valence-electron chi connectivity index (χ3n) is 5.12. The van der Waals surface area contributed by atoms with Crippen molar-refractivity contribution in [1.82, 2.24) is 10.6 Å². The monoisotopic (exact) mass is 409 g/mol. The van der Waals surface area contributed by atoms with Crippen LogP contribution in [0, 0.1) is 19.7 Å². The number of rotatable bonds is 4. The predicted octanol–water partition coefficient (Wildman–Crippen LogP) is 5.40. The summed E-state index contributed by atoms with van der Waals surface area (Å²) in [4.78, 5) is 4.68. The van der Waals surface area contributed by atoms with E-state index in [-0.39, 0.29) is 30.3 Å². The van der Waals surface area contributed by atoms with Gasteiger partial charge in [0.1, 0.15) is 5.82 Å². The van der Waals surface area contributed by atoms with Crippen molar-refractivity contribution in [3.8, 4) is 0 Å². The van der Waals surface area contributed by atoms with E-state index in [2.05, 4.69) is 78.0 Å². The zero-order valence-corrected chi connectivity index (χ0v) is 17.3. The fourth-order valence-corrected chi connectivity index (χ4v) is 3.45. The Hall–Kier alpha value is -2.85. The van der Waals surface area contributed by atoms with Gasteiger partial charge in [0.25, 0.3) is 0 Å². The summed E-state index contributed by atoms with van der Waals surface area (Å²) in [5, 5.41) is 7.07. The van der Waals surface area contributed by atoms with Crippen molar-refractivity contribution in [2.75, 3.05) is 0 Å². The summed E-state index contributed by atoms with van der Waals surface area (Å²) in [7, 11) is 0. The maximum Gasteiger partial charge on any atom is 0.192 e. The molecule has 0 radical (unpaired) electrons. The van der Waals surface area contributed by atoms with E-state index in [4.69, 9.17) is 0 Å². The molecular formula is C24H25ClFN3. The summed E-state index contributed by atoms with van der Waals surface area (Å²) < 4.78 is 13.1. The highest BCUT2D eigenvalue weighted by molar-refractivity contribution is 5.85. The quantitative estimate of drug-likeness (QED) is 0.605. The Morgan fingerprint density at radius 2 is 1.17 bits per heavy atom. The smallest absolute Gasteiger partial charge is 0.192 e. The first-order valence-corrected chi connectivity index (χ1v) is 9.53. The summed E-state index contributed by atoms with van der Waals surface area (Å²) in [6, 6.07) is 23.9. The zero-order chi connectivity index (χ0) is 19.5. The molecule has 3 nitrogen and oxygen atoms in total. The van der Waals surface area contributed by atoms with Gasteiger partial charge in [-0.15, -0.1) is 12.4 Å². The van der Waals surface area contributed by atoms with Gasteiger partial charge in [0.05, 0.1) is 18.6 Å². The van der Waals surface area contributed by atoms with Crippen LogP contribution in [0.1, 0.15) is 39.9 Å². The lowest BCUT2D eigenvalue weighted by atomic mass is 9.94. The van der Waals surface area contributed by atoms with Crippen LogP contribution in [0.4, 0.5) is 4.39 Å². The van der Waals surface area contributed by atoms with Crippen LogP contribution in [0.25, 0.3) is 0 Å². The van der Waals surface area contributed by atoms with Gasteiger partial charge in [-0.3, -0.25) is 0 Å². The van der Waals surface area contributed by atoms with Crippen molar-refractivity contribution in [2.45, 2.75) is 32.5 Å². The molecular weight excluding hydrogens is 385 g/mol. The van der Waals surface area contributed by atoms with Crippen LogP contribution in [0.2, 0.25) is 0 Å². The molecule has 0 unspecified atom stereocenters. The summed E-state index contributed by atoms with van der Waals surface area (Å²) in [6.07, 6.45) is 0. The largest absolute Gasteiger partial charge is 0.347 e. The van der Waals surface area contributed by atoms with Crippen LogP contribution in [0.5, 0.6) is 0 Å². The number of aliphatic imine (C=N–C) groups is 1. The van der Waals surface area contributed by atoms with Crippen LogP contribution >= 0.6 is 12.4 Å². The van der Waals surface area contributed by atoms with Crippen molar-refractivity contribution in [1.29, 1.82) is 0 Å². The number of nitrogens with one attached hydrogen (secondary N) is 2. The molecule has 4 rings (SSSR count). The van der Waals surface area contributed by atoms with E-state index in [9.17, 15) is 4.39 Å². The molecule has 5 heteroatoms. The third-order valence-corrected chi connectivity index (χ3v) is 5.12. The summed E-state index contributed by atoms with van der Waals surface area (Å²) in [6.45, 7) is 4.69. The van der Waals surface area contributed by atoms with Gasteiger partial charge in [0.2, 0.25) is 0 Å². The normalized spacial score (nSPS) is 19.3. The van der Waals surface area contributed by atoms with Crippen LogP contribution in [-0.4, -0.2) is 5.96 Å². The molecule has 150 valence electrons. The van der Waals surface area contributed by atoms with Crippen molar-refractivity contribution >= 4 is 18.4 Å². The van der Waals surface area contributed by atoms with Gasteiger partial charge < -0.3 is 10.6 Å². The molecule has 1 aliphatic rings. The van der Waals surface area contributed by atoms with Crippen molar-refractivity contribution in [2.24, 2.45) is 4.99 Å². The Balaban J connectivity index is 0.00000240. The second kappa shape index (κ2) is 9.10. The van der Waals surface area contributed by atoms with E-state index >= 15 is 0 Å². The third kappa shape index (κ3) is 4.96. The molecule has 1 fully saturated rings. The lowest BCUT2D eigenvalue weighted by Gasteiger charge is -2.20. The van der Waals surface area contributed by atoms with Crippen LogP contribution in [0.15, 0.2) is 77.8 Å². The second-order valence-electron chi connectivity index (χ2n) is 7.36. The van der Waals surface area contributed by atoms with Crippen molar-refractivity contribution in [3.63, 3.8) is 0 Å². The Morgan fingerprint density at radius 3 is 1.62 bits per heavy atom. The predicted molar refractivity (Wildman–Crippen MR) is 119 cm³/mol. The molecule has 0 amide bonds. The minimum absolute atomic E-state index is 0. The highest BCUT2D eigenvalue weighted by atomic mass is 35.5. The van der Waals surface area contributed by atoms with Gasteiger partial charge in [-0.2, -0.15) is 0 Å². The first-order valence-electron chi connectivity index (χ1n) is 9.53. The summed E-state index contributed by atoms with van der Waals surface area (Å²) >= 11 is 0. The average molecular weight is 410 g/mol. The van der Waals surface area contributed by atoms with Gasteiger partial charge in [-0.1, -0.05) is 71.8 Å². The number of guanidine groups is 1. The summed E-state index contributed by atoms with van der Waals surface area (Å²) in [5.41, 5.74) is 5.90. The minimum Gasteiger partial charge on any atom is -0.347 e. The fourth-order valence-electron chi connectivity index (χ4n) is 3.45. The molecule has 29 heavy (non-hydrogen) atoms. The van der Waals surface area contributed by atoms with Crippen molar-refractivity contribution in [3.05, 3.63) is 106 Å². The zero-order valence-electron chi connectivity index (χ0n) is 16.5. The van der Waals surface area contributed by atoms with Crippen molar-refractivity contribution < 1.29 is 4.39 Å². The van der Waals surface area contributed by atoms with E-state index in [0.717, 1.165) is 11.5 Å². The lowest BCUT2D eigenvalue weighted by molar-refractivity contribution is 0.553. The maximum atomic E-state index is 13.1. The van der Waals surface area contributed by atoms with E-state index < -0.39 is 0 Å². The molecule has 0 aromatic heterocycles. The van der Waals surface area contributed by atoms with Gasteiger partial charge in [-0.05, 0) is 42.7 Å². The Bertz CT molecular complexity index is 911. The lowest BCUT2D eigenvalue weighted by Crippen LogP contribution is -2.25. The van der Waals surface area contributed by atoms with Crippen LogP contribution < -0.4 is 10.6 Å². The molecule has 0 spiro atoms. The fraction of sp³-hybridized carbons (Fsp3) is 0.208. The Kier molecular flexibility index (Phi) is 6.55. The minimum atomic E-state index is -0.229. The second-order valence-corrected chi connectivity index (χ2v) is 7.36. The Morgan fingerprint density at radius 1 is 0.724 bits per heavy atom. The topological polar surface area (TPSA) is 36.4 Å². The molecule has 0 saturated carbocycles. The number of benzene rings is 3. The number of halogens is 2. The standard InChI is InChI=1S/C24H24FN3.ClH/c1-16-3-9-19(10-4-16)22-23(20-11-5-17(2)6-12-20)28-24(27-22)26-15-18-7-13-21(25)14-8-18;/h3-14,22-23H,15H2,1-2H3,(H2,26,27,28);1H/t22-,23+;. The van der Waals surface area contributed by atoms with Gasteiger partial charge in [0.15, 0.2) is 5.96 Å². The number of hydrogen-bond acceptors (Lipinski definition) is 1. The SMILES string of the molecule is Cc1ccc([C@H]2NC(=NCc3ccc(F)cc3)N[C@H]2c2ccc(C)cc2)cc1.Cl. The maximum absolute atomic E-state index is 13.1. The van der Waals surface area contributed by atoms with E-state index in [1.54, 1.807) is 12.1 Å². The van der Waals surface area contributed by atoms with E-state index in [1.165, 1.54) is 34.4 Å². The molecule has 2 atom stereocenters. The average Bonchev–Trinajstić information content (AvgIpc) is 3.13. The molecule has 3 aromatic rings. The first-order chi connectivity index (χ1) is 13.6. The number of aryl methyl sites for hydroxylation is 2. The van der Waals surface area contributed by atoms with Gasteiger partial charge in [-0.25, -0.2) is 9.38 Å². The van der Waals surface area contributed by atoms with Gasteiger partial charge in [0, 0.05) is 0 Å². The molecule has 1 saturated heterocycles. The highest BCUT2D eigenvalue weighted by Gasteiger charge is 2.32. The van der Waals surface area contributed by atoms with Crippen LogP contribution in [-0.2, 0) is 6.54 Å². The van der Waals surface area contributed by atoms with E-state index in [1.807, 2.05) is 0 Å².